The molecule has 1 amide bonds. The standard InChI is InChI=1S/C11H14ClNO2/c1-3-13(4-2)11(15)8-6-5-7-9(14)10(8)12/h5-7,14H,3-4H2,1-2H3. The van der Waals surface area contributed by atoms with Crippen molar-refractivity contribution in [2.24, 2.45) is 0 Å². The summed E-state index contributed by atoms with van der Waals surface area (Å²) in [5.41, 5.74) is 0.348. The molecule has 0 bridgehead atoms. The van der Waals surface area contributed by atoms with Crippen molar-refractivity contribution in [1.29, 1.82) is 0 Å². The molecular formula is C11H14ClNO2. The number of phenols is 1. The van der Waals surface area contributed by atoms with Gasteiger partial charge >= 0.3 is 0 Å². The molecule has 0 atom stereocenters. The van der Waals surface area contributed by atoms with E-state index in [1.807, 2.05) is 13.8 Å². The molecule has 82 valence electrons. The van der Waals surface area contributed by atoms with Crippen molar-refractivity contribution in [2.75, 3.05) is 13.1 Å². The van der Waals surface area contributed by atoms with Gasteiger partial charge < -0.3 is 10.0 Å². The molecule has 1 N–H and O–H groups in total. The van der Waals surface area contributed by atoms with Gasteiger partial charge in [0.15, 0.2) is 0 Å². The number of carbonyl (C=O) groups excluding carboxylic acids is 1. The maximum Gasteiger partial charge on any atom is 0.255 e. The van der Waals surface area contributed by atoms with Crippen molar-refractivity contribution in [2.45, 2.75) is 13.8 Å². The van der Waals surface area contributed by atoms with E-state index in [-0.39, 0.29) is 16.7 Å². The molecular weight excluding hydrogens is 214 g/mol. The summed E-state index contributed by atoms with van der Waals surface area (Å²) in [5.74, 6) is -0.212. The molecule has 15 heavy (non-hydrogen) atoms. The minimum Gasteiger partial charge on any atom is -0.506 e. The normalized spacial score (nSPS) is 10.1. The fourth-order valence-electron chi connectivity index (χ4n) is 1.37. The molecule has 0 fully saturated rings. The topological polar surface area (TPSA) is 40.5 Å². The van der Waals surface area contributed by atoms with Gasteiger partial charge in [-0.2, -0.15) is 0 Å². The van der Waals surface area contributed by atoms with E-state index < -0.39 is 0 Å². The number of nitrogens with zero attached hydrogens (tertiary/aromatic N) is 1. The maximum atomic E-state index is 11.9. The Morgan fingerprint density at radius 3 is 2.53 bits per heavy atom. The van der Waals surface area contributed by atoms with E-state index in [0.717, 1.165) is 0 Å². The van der Waals surface area contributed by atoms with Gasteiger partial charge in [0.05, 0.1) is 10.6 Å². The molecule has 0 aliphatic rings. The Morgan fingerprint density at radius 2 is 2.00 bits per heavy atom. The number of benzene rings is 1. The lowest BCUT2D eigenvalue weighted by Gasteiger charge is -2.19. The number of aromatic hydroxyl groups is 1. The number of hydrogen-bond acceptors (Lipinski definition) is 2. The monoisotopic (exact) mass is 227 g/mol. The quantitative estimate of drug-likeness (QED) is 0.862. The molecule has 0 unspecified atom stereocenters. The van der Waals surface area contributed by atoms with Gasteiger partial charge in [0.2, 0.25) is 0 Å². The smallest absolute Gasteiger partial charge is 0.255 e. The third-order valence-electron chi connectivity index (χ3n) is 2.26. The number of amides is 1. The van der Waals surface area contributed by atoms with Crippen molar-refractivity contribution in [3.63, 3.8) is 0 Å². The lowest BCUT2D eigenvalue weighted by Crippen LogP contribution is -2.30. The summed E-state index contributed by atoms with van der Waals surface area (Å²) in [7, 11) is 0. The highest BCUT2D eigenvalue weighted by molar-refractivity contribution is 6.35. The highest BCUT2D eigenvalue weighted by Crippen LogP contribution is 2.27. The Morgan fingerprint density at radius 1 is 1.40 bits per heavy atom. The average molecular weight is 228 g/mol. The second-order valence-electron chi connectivity index (χ2n) is 3.12. The Hall–Kier alpha value is -1.22. The third-order valence-corrected chi connectivity index (χ3v) is 2.66. The van der Waals surface area contributed by atoms with E-state index in [4.69, 9.17) is 11.6 Å². The van der Waals surface area contributed by atoms with Crippen LogP contribution in [0.1, 0.15) is 24.2 Å². The lowest BCUT2D eigenvalue weighted by molar-refractivity contribution is 0.0773. The molecule has 1 aromatic rings. The van der Waals surface area contributed by atoms with Gasteiger partial charge in [-0.1, -0.05) is 17.7 Å². The Bertz CT molecular complexity index is 362. The van der Waals surface area contributed by atoms with Crippen LogP contribution in [0.4, 0.5) is 0 Å². The Kier molecular flexibility index (Phi) is 3.97. The zero-order chi connectivity index (χ0) is 11.4. The summed E-state index contributed by atoms with van der Waals surface area (Å²) < 4.78 is 0. The van der Waals surface area contributed by atoms with Crippen LogP contribution in [0.15, 0.2) is 18.2 Å². The SMILES string of the molecule is CCN(CC)C(=O)c1cccc(O)c1Cl. The van der Waals surface area contributed by atoms with Gasteiger partial charge in [-0.15, -0.1) is 0 Å². The molecule has 0 saturated carbocycles. The van der Waals surface area contributed by atoms with E-state index in [0.29, 0.717) is 18.7 Å². The largest absolute Gasteiger partial charge is 0.506 e. The minimum absolute atomic E-state index is 0.0605. The second-order valence-corrected chi connectivity index (χ2v) is 3.49. The van der Waals surface area contributed by atoms with Crippen LogP contribution in [0.5, 0.6) is 5.75 Å². The molecule has 1 aromatic carbocycles. The van der Waals surface area contributed by atoms with Gasteiger partial charge in [-0.3, -0.25) is 4.79 Å². The van der Waals surface area contributed by atoms with Crippen LogP contribution in [0.3, 0.4) is 0 Å². The summed E-state index contributed by atoms with van der Waals surface area (Å²) in [6.07, 6.45) is 0. The van der Waals surface area contributed by atoms with Crippen LogP contribution in [-0.2, 0) is 0 Å². The van der Waals surface area contributed by atoms with Crippen molar-refractivity contribution in [3.05, 3.63) is 28.8 Å². The highest BCUT2D eigenvalue weighted by atomic mass is 35.5. The number of rotatable bonds is 3. The molecule has 0 saturated heterocycles. The van der Waals surface area contributed by atoms with Crippen LogP contribution in [-0.4, -0.2) is 29.0 Å². The first-order valence-electron chi connectivity index (χ1n) is 4.88. The number of phenolic OH excluding ortho intramolecular Hbond substituents is 1. The lowest BCUT2D eigenvalue weighted by atomic mass is 10.2. The number of carbonyl (C=O) groups is 1. The summed E-state index contributed by atoms with van der Waals surface area (Å²) in [5, 5.41) is 9.49. The zero-order valence-corrected chi connectivity index (χ0v) is 9.58. The van der Waals surface area contributed by atoms with Crippen LogP contribution < -0.4 is 0 Å². The van der Waals surface area contributed by atoms with Crippen molar-refractivity contribution in [1.82, 2.24) is 4.90 Å². The molecule has 0 aromatic heterocycles. The van der Waals surface area contributed by atoms with Crippen molar-refractivity contribution < 1.29 is 9.90 Å². The van der Waals surface area contributed by atoms with E-state index in [2.05, 4.69) is 0 Å². The first-order chi connectivity index (χ1) is 7.11. The first kappa shape index (κ1) is 11.9. The molecule has 0 heterocycles. The summed E-state index contributed by atoms with van der Waals surface area (Å²) in [6.45, 7) is 5.05. The van der Waals surface area contributed by atoms with Gasteiger partial charge in [0, 0.05) is 13.1 Å². The first-order valence-corrected chi connectivity index (χ1v) is 5.26. The molecule has 0 aliphatic carbocycles. The van der Waals surface area contributed by atoms with Gasteiger partial charge in [-0.25, -0.2) is 0 Å². The second kappa shape index (κ2) is 5.03. The maximum absolute atomic E-state index is 11.9. The summed E-state index contributed by atoms with van der Waals surface area (Å²) in [6, 6.07) is 4.68. The third kappa shape index (κ3) is 2.42. The van der Waals surface area contributed by atoms with Crippen molar-refractivity contribution in [3.8, 4) is 5.75 Å². The Labute approximate surface area is 94.3 Å². The number of hydrogen-bond donors (Lipinski definition) is 1. The minimum atomic E-state index is -0.152. The van der Waals surface area contributed by atoms with Crippen LogP contribution >= 0.6 is 11.6 Å². The zero-order valence-electron chi connectivity index (χ0n) is 8.83. The predicted octanol–water partition coefficient (Wildman–Crippen LogP) is 2.53. The molecule has 3 nitrogen and oxygen atoms in total. The fraction of sp³-hybridized carbons (Fsp3) is 0.364. The van der Waals surface area contributed by atoms with Crippen LogP contribution in [0.2, 0.25) is 5.02 Å². The van der Waals surface area contributed by atoms with Gasteiger partial charge in [-0.05, 0) is 26.0 Å². The van der Waals surface area contributed by atoms with E-state index >= 15 is 0 Å². The van der Waals surface area contributed by atoms with E-state index in [1.165, 1.54) is 6.07 Å². The van der Waals surface area contributed by atoms with Gasteiger partial charge in [0.25, 0.3) is 5.91 Å². The Balaban J connectivity index is 3.05. The van der Waals surface area contributed by atoms with E-state index in [9.17, 15) is 9.90 Å². The molecule has 0 aliphatic heterocycles. The van der Waals surface area contributed by atoms with Crippen molar-refractivity contribution >= 4 is 17.5 Å². The average Bonchev–Trinajstić information content (AvgIpc) is 2.23. The van der Waals surface area contributed by atoms with E-state index in [1.54, 1.807) is 17.0 Å². The molecule has 4 heteroatoms. The molecule has 0 spiro atoms. The summed E-state index contributed by atoms with van der Waals surface area (Å²) >= 11 is 5.85. The summed E-state index contributed by atoms with van der Waals surface area (Å²) in [4.78, 5) is 13.6. The van der Waals surface area contributed by atoms with Gasteiger partial charge in [0.1, 0.15) is 5.75 Å². The van der Waals surface area contributed by atoms with Crippen LogP contribution in [0.25, 0.3) is 0 Å². The molecule has 0 radical (unpaired) electrons. The number of halogens is 1. The molecule has 1 rings (SSSR count). The fourth-order valence-corrected chi connectivity index (χ4v) is 1.57. The van der Waals surface area contributed by atoms with Crippen LogP contribution in [0, 0.1) is 0 Å². The predicted molar refractivity (Wildman–Crippen MR) is 60.4 cm³/mol. The highest BCUT2D eigenvalue weighted by Gasteiger charge is 2.17.